The van der Waals surface area contributed by atoms with Crippen LogP contribution in [0, 0.1) is 6.92 Å². The third kappa shape index (κ3) is 4.81. The van der Waals surface area contributed by atoms with E-state index in [1.807, 2.05) is 31.2 Å². The topological polar surface area (TPSA) is 104 Å². The minimum absolute atomic E-state index is 0.0419. The van der Waals surface area contributed by atoms with Gasteiger partial charge in [0.05, 0.1) is 0 Å². The maximum absolute atomic E-state index is 12.9. The van der Waals surface area contributed by atoms with Gasteiger partial charge in [-0.3, -0.25) is 9.69 Å². The first-order valence-electron chi connectivity index (χ1n) is 7.02. The Morgan fingerprint density at radius 2 is 1.83 bits per heavy atom. The maximum Gasteiger partial charge on any atom is 0.567 e. The van der Waals surface area contributed by atoms with Gasteiger partial charge < -0.3 is 14.7 Å². The average Bonchev–Trinajstić information content (AvgIpc) is 2.44. The number of benzene rings is 2. The second-order valence-corrected chi connectivity index (χ2v) is 6.37. The number of hydrogen-bond donors (Lipinski definition) is 3. The third-order valence-electron chi connectivity index (χ3n) is 3.32. The molecule has 0 radical (unpaired) electrons. The quantitative estimate of drug-likeness (QED) is 0.540. The molecule has 6 nitrogen and oxygen atoms in total. The molecule has 0 heterocycles. The summed E-state index contributed by atoms with van der Waals surface area (Å²) in [4.78, 5) is 21.0. The number of halogens is 1. The molecule has 24 heavy (non-hydrogen) atoms. The number of rotatable bonds is 6. The molecule has 2 rings (SSSR count). The molecule has 0 aliphatic rings. The Bertz CT molecular complexity index is 797. The van der Waals surface area contributed by atoms with Gasteiger partial charge >= 0.3 is 7.91 Å². The molecule has 0 fully saturated rings. The van der Waals surface area contributed by atoms with E-state index in [-0.39, 0.29) is 6.42 Å². The van der Waals surface area contributed by atoms with Gasteiger partial charge in [0.1, 0.15) is 22.8 Å². The molecule has 1 unspecified atom stereocenters. The van der Waals surface area contributed by atoms with Crippen molar-refractivity contribution in [1.29, 1.82) is 0 Å². The molecule has 0 aromatic heterocycles. The van der Waals surface area contributed by atoms with Gasteiger partial charge in [-0.15, -0.1) is 4.20 Å². The van der Waals surface area contributed by atoms with E-state index in [4.69, 9.17) is 4.89 Å². The first kappa shape index (κ1) is 18.0. The summed E-state index contributed by atoms with van der Waals surface area (Å²) in [5.74, 6) is -2.50. The molecule has 0 spiro atoms. The van der Waals surface area contributed by atoms with Crippen molar-refractivity contribution in [2.45, 2.75) is 19.8 Å². The molecule has 0 bridgehead atoms. The predicted molar refractivity (Wildman–Crippen MR) is 85.2 cm³/mol. The van der Waals surface area contributed by atoms with Gasteiger partial charge in [0.25, 0.3) is 0 Å². The number of ketones is 1. The molecule has 0 amide bonds. The Labute approximate surface area is 137 Å². The van der Waals surface area contributed by atoms with Crippen LogP contribution in [0.2, 0.25) is 0 Å². The maximum atomic E-state index is 12.9. The van der Waals surface area contributed by atoms with Gasteiger partial charge in [-0.2, -0.15) is 0 Å². The second kappa shape index (κ2) is 7.03. The molecular formula is C16H16FO6P. The van der Waals surface area contributed by atoms with E-state index in [1.54, 1.807) is 0 Å². The zero-order valence-corrected chi connectivity index (χ0v) is 13.7. The summed E-state index contributed by atoms with van der Waals surface area (Å²) in [6, 6.07) is 9.13. The Hall–Kier alpha value is -2.37. The van der Waals surface area contributed by atoms with E-state index in [0.717, 1.165) is 23.3 Å². The normalized spacial score (nSPS) is 13.3. The van der Waals surface area contributed by atoms with Crippen LogP contribution in [0.4, 0.5) is 4.20 Å². The van der Waals surface area contributed by atoms with Crippen molar-refractivity contribution < 1.29 is 33.2 Å². The number of hydrogen-bond acceptors (Lipinski definition) is 5. The van der Waals surface area contributed by atoms with Crippen LogP contribution >= 0.6 is 7.91 Å². The SMILES string of the molecule is Cc1ccc(CCC(=O)c2c(O)cc(O)cc2OP(=O)(O)F)cc1. The number of aromatic hydroxyl groups is 2. The lowest BCUT2D eigenvalue weighted by Crippen LogP contribution is -2.05. The van der Waals surface area contributed by atoms with Gasteiger partial charge in [-0.05, 0) is 18.9 Å². The first-order chi connectivity index (χ1) is 11.2. The van der Waals surface area contributed by atoms with Gasteiger partial charge in [0, 0.05) is 18.6 Å². The lowest BCUT2D eigenvalue weighted by molar-refractivity contribution is 0.0978. The molecule has 2 aromatic rings. The highest BCUT2D eigenvalue weighted by Crippen LogP contribution is 2.47. The highest BCUT2D eigenvalue weighted by molar-refractivity contribution is 7.47. The molecule has 3 N–H and O–H groups in total. The van der Waals surface area contributed by atoms with E-state index >= 15 is 0 Å². The van der Waals surface area contributed by atoms with E-state index in [9.17, 15) is 23.8 Å². The number of phenols is 2. The minimum atomic E-state index is -5.45. The standard InChI is InChI=1S/C16H16FO6P/c1-10-2-4-11(5-3-10)6-7-13(19)16-14(20)8-12(18)9-15(16)23-24(17,21)22/h2-5,8-9,18,20H,6-7H2,1H3,(H,21,22). The number of Topliss-reactive ketones (excluding diaryl/α,β-unsaturated/α-hetero) is 1. The van der Waals surface area contributed by atoms with Crippen molar-refractivity contribution >= 4 is 13.7 Å². The Morgan fingerprint density at radius 1 is 1.21 bits per heavy atom. The zero-order chi connectivity index (χ0) is 17.9. The summed E-state index contributed by atoms with van der Waals surface area (Å²) in [6.07, 6.45) is 0.311. The fourth-order valence-corrected chi connectivity index (χ4v) is 2.58. The fraction of sp³-hybridized carbons (Fsp3) is 0.188. The van der Waals surface area contributed by atoms with Crippen LogP contribution < -0.4 is 4.52 Å². The highest BCUT2D eigenvalue weighted by atomic mass is 31.2. The molecule has 0 aliphatic heterocycles. The number of phenolic OH excluding ortho intramolecular Hbond substituents is 2. The Balaban J connectivity index is 2.24. The van der Waals surface area contributed by atoms with Crippen molar-refractivity contribution in [2.75, 3.05) is 0 Å². The van der Waals surface area contributed by atoms with Crippen LogP contribution in [0.3, 0.4) is 0 Å². The summed E-state index contributed by atoms with van der Waals surface area (Å²) in [7, 11) is -5.45. The summed E-state index contributed by atoms with van der Waals surface area (Å²) in [6.45, 7) is 1.93. The summed E-state index contributed by atoms with van der Waals surface area (Å²) < 4.78 is 27.9. The summed E-state index contributed by atoms with van der Waals surface area (Å²) in [5.41, 5.74) is 1.50. The van der Waals surface area contributed by atoms with Gasteiger partial charge in [0.2, 0.25) is 0 Å². The molecule has 0 aliphatic carbocycles. The van der Waals surface area contributed by atoms with Crippen molar-refractivity contribution in [1.82, 2.24) is 0 Å². The van der Waals surface area contributed by atoms with Crippen LogP contribution in [0.1, 0.15) is 27.9 Å². The first-order valence-corrected chi connectivity index (χ1v) is 8.49. The van der Waals surface area contributed by atoms with Gasteiger partial charge in [0.15, 0.2) is 5.78 Å². The van der Waals surface area contributed by atoms with Crippen molar-refractivity contribution in [3.05, 3.63) is 53.1 Å². The monoisotopic (exact) mass is 354 g/mol. The van der Waals surface area contributed by atoms with Gasteiger partial charge in [-0.1, -0.05) is 29.8 Å². The highest BCUT2D eigenvalue weighted by Gasteiger charge is 2.26. The summed E-state index contributed by atoms with van der Waals surface area (Å²) in [5, 5.41) is 19.2. The van der Waals surface area contributed by atoms with Crippen molar-refractivity contribution in [3.8, 4) is 17.2 Å². The van der Waals surface area contributed by atoms with Crippen LogP contribution in [0.25, 0.3) is 0 Å². The van der Waals surface area contributed by atoms with E-state index in [2.05, 4.69) is 4.52 Å². The van der Waals surface area contributed by atoms with Crippen LogP contribution in [0.5, 0.6) is 17.2 Å². The van der Waals surface area contributed by atoms with Gasteiger partial charge in [-0.25, -0.2) is 4.57 Å². The van der Waals surface area contributed by atoms with Crippen molar-refractivity contribution in [2.24, 2.45) is 0 Å². The van der Waals surface area contributed by atoms with Crippen LogP contribution in [-0.2, 0) is 11.0 Å². The average molecular weight is 354 g/mol. The molecule has 0 saturated carbocycles. The molecule has 2 aromatic carbocycles. The molecule has 1 atom stereocenters. The molecule has 8 heteroatoms. The van der Waals surface area contributed by atoms with Crippen molar-refractivity contribution in [3.63, 3.8) is 0 Å². The smallest absolute Gasteiger partial charge is 0.508 e. The predicted octanol–water partition coefficient (Wildman–Crippen LogP) is 3.67. The van der Waals surface area contributed by atoms with E-state index in [1.165, 1.54) is 0 Å². The van der Waals surface area contributed by atoms with Crippen LogP contribution in [-0.4, -0.2) is 20.9 Å². The van der Waals surface area contributed by atoms with E-state index in [0.29, 0.717) is 6.42 Å². The largest absolute Gasteiger partial charge is 0.567 e. The second-order valence-electron chi connectivity index (χ2n) is 5.29. The number of carbonyl (C=O) groups is 1. The molecule has 128 valence electrons. The Morgan fingerprint density at radius 3 is 2.42 bits per heavy atom. The summed E-state index contributed by atoms with van der Waals surface area (Å²) >= 11 is 0. The van der Waals surface area contributed by atoms with Crippen LogP contribution in [0.15, 0.2) is 36.4 Å². The van der Waals surface area contributed by atoms with E-state index < -0.39 is 36.5 Å². The number of carbonyl (C=O) groups excluding carboxylic acids is 1. The number of aryl methyl sites for hydroxylation is 2. The third-order valence-corrected chi connectivity index (χ3v) is 3.74. The molecule has 0 saturated heterocycles. The Kier molecular flexibility index (Phi) is 5.26. The lowest BCUT2D eigenvalue weighted by atomic mass is 10.0. The zero-order valence-electron chi connectivity index (χ0n) is 12.8. The minimum Gasteiger partial charge on any atom is -0.508 e. The fourth-order valence-electron chi connectivity index (χ4n) is 2.20. The lowest BCUT2D eigenvalue weighted by Gasteiger charge is -2.12. The molecular weight excluding hydrogens is 338 g/mol.